The van der Waals surface area contributed by atoms with Crippen LogP contribution < -0.4 is 29.0 Å². The molecule has 10 heteroatoms. The summed E-state index contributed by atoms with van der Waals surface area (Å²) in [6.45, 7) is 7.82. The number of benzene rings is 2. The number of rotatable bonds is 16. The van der Waals surface area contributed by atoms with Crippen molar-refractivity contribution in [1.82, 2.24) is 5.32 Å². The lowest BCUT2D eigenvalue weighted by atomic mass is 10.0. The van der Waals surface area contributed by atoms with Gasteiger partial charge < -0.3 is 33.7 Å². The third kappa shape index (κ3) is 7.49. The molecule has 0 aliphatic carbocycles. The van der Waals surface area contributed by atoms with Gasteiger partial charge in [-0.3, -0.25) is 0 Å². The molecule has 9 nitrogen and oxygen atoms in total. The Morgan fingerprint density at radius 1 is 0.795 bits per heavy atom. The summed E-state index contributed by atoms with van der Waals surface area (Å²) in [4.78, 5) is 0.150. The molecule has 0 saturated carbocycles. The van der Waals surface area contributed by atoms with Crippen molar-refractivity contribution in [3.63, 3.8) is 0 Å². The van der Waals surface area contributed by atoms with Crippen LogP contribution in [0.3, 0.4) is 0 Å². The molecule has 39 heavy (non-hydrogen) atoms. The van der Waals surface area contributed by atoms with Gasteiger partial charge in [-0.15, -0.1) is 0 Å². The Labute approximate surface area is 233 Å². The summed E-state index contributed by atoms with van der Waals surface area (Å²) in [5.41, 5.74) is 1.65. The summed E-state index contributed by atoms with van der Waals surface area (Å²) < 4.78 is 62.0. The molecule has 0 unspecified atom stereocenters. The zero-order valence-corrected chi connectivity index (χ0v) is 24.8. The van der Waals surface area contributed by atoms with Crippen LogP contribution in [0.5, 0.6) is 28.7 Å². The normalized spacial score (nSPS) is 17.2. The van der Waals surface area contributed by atoms with E-state index in [1.165, 1.54) is 0 Å². The minimum Gasteiger partial charge on any atom is -0.493 e. The monoisotopic (exact) mass is 565 g/mol. The Kier molecular flexibility index (Phi) is 11.6. The van der Waals surface area contributed by atoms with Gasteiger partial charge in [0, 0.05) is 6.54 Å². The molecule has 1 N–H and O–H groups in total. The maximum Gasteiger partial charge on any atom is 0.203 e. The fourth-order valence-electron chi connectivity index (χ4n) is 4.59. The average molecular weight is 566 g/mol. The van der Waals surface area contributed by atoms with Crippen LogP contribution >= 0.6 is 0 Å². The van der Waals surface area contributed by atoms with Gasteiger partial charge in [0.05, 0.1) is 52.5 Å². The van der Waals surface area contributed by atoms with Crippen LogP contribution in [0, 0.1) is 0 Å². The molecule has 0 aromatic heterocycles. The highest BCUT2D eigenvalue weighted by atomic mass is 32.2. The molecule has 2 aromatic rings. The van der Waals surface area contributed by atoms with Crippen molar-refractivity contribution in [3.8, 4) is 28.7 Å². The molecule has 2 aromatic carbocycles. The van der Waals surface area contributed by atoms with Crippen molar-refractivity contribution in [2.45, 2.75) is 63.6 Å². The van der Waals surface area contributed by atoms with Crippen LogP contribution in [0.15, 0.2) is 29.2 Å². The molecule has 218 valence electrons. The van der Waals surface area contributed by atoms with Gasteiger partial charge in [0.2, 0.25) is 5.75 Å². The van der Waals surface area contributed by atoms with E-state index in [1.807, 2.05) is 39.0 Å². The van der Waals surface area contributed by atoms with Crippen LogP contribution in [-0.2, 0) is 14.6 Å². The van der Waals surface area contributed by atoms with E-state index in [-0.39, 0.29) is 28.6 Å². The Morgan fingerprint density at radius 2 is 1.36 bits per heavy atom. The largest absolute Gasteiger partial charge is 0.493 e. The minimum atomic E-state index is -3.65. The van der Waals surface area contributed by atoms with Crippen molar-refractivity contribution in [3.05, 3.63) is 35.4 Å². The van der Waals surface area contributed by atoms with E-state index in [4.69, 9.17) is 28.4 Å². The van der Waals surface area contributed by atoms with Crippen LogP contribution in [-0.4, -0.2) is 61.8 Å². The number of sulfone groups is 1. The first-order valence-electron chi connectivity index (χ1n) is 13.7. The van der Waals surface area contributed by atoms with E-state index in [9.17, 15) is 8.42 Å². The summed E-state index contributed by atoms with van der Waals surface area (Å²) >= 11 is 0. The van der Waals surface area contributed by atoms with Crippen molar-refractivity contribution >= 4 is 9.84 Å². The summed E-state index contributed by atoms with van der Waals surface area (Å²) in [5.74, 6) is 2.31. The predicted molar refractivity (Wildman–Crippen MR) is 151 cm³/mol. The molecule has 1 saturated heterocycles. The van der Waals surface area contributed by atoms with Gasteiger partial charge in [-0.05, 0) is 67.6 Å². The smallest absolute Gasteiger partial charge is 0.203 e. The molecule has 0 amide bonds. The van der Waals surface area contributed by atoms with Gasteiger partial charge >= 0.3 is 0 Å². The molecule has 0 bridgehead atoms. The maximum absolute atomic E-state index is 13.5. The number of nitrogens with one attached hydrogen (secondary N) is 1. The van der Waals surface area contributed by atoms with E-state index >= 15 is 0 Å². The topological polar surface area (TPSA) is 102 Å². The predicted octanol–water partition coefficient (Wildman–Crippen LogP) is 5.27. The molecular formula is C29H43NO8S. The van der Waals surface area contributed by atoms with E-state index < -0.39 is 9.84 Å². The highest BCUT2D eigenvalue weighted by Gasteiger charge is 2.33. The molecule has 0 radical (unpaired) electrons. The van der Waals surface area contributed by atoms with Gasteiger partial charge in [-0.25, -0.2) is 8.42 Å². The number of methoxy groups -OCH3 is 3. The minimum absolute atomic E-state index is 0.0421. The van der Waals surface area contributed by atoms with Crippen molar-refractivity contribution < 1.29 is 36.8 Å². The van der Waals surface area contributed by atoms with Crippen LogP contribution in [0.25, 0.3) is 0 Å². The Bertz CT molecular complexity index is 1160. The summed E-state index contributed by atoms with van der Waals surface area (Å²) in [7, 11) is 1.07. The second-order valence-electron chi connectivity index (χ2n) is 9.37. The van der Waals surface area contributed by atoms with Gasteiger partial charge in [0.1, 0.15) is 4.90 Å². The molecule has 1 aliphatic rings. The first kappa shape index (κ1) is 30.8. The van der Waals surface area contributed by atoms with Gasteiger partial charge in [-0.1, -0.05) is 20.8 Å². The molecule has 2 atom stereocenters. The average Bonchev–Trinajstić information content (AvgIpc) is 3.44. The van der Waals surface area contributed by atoms with E-state index in [2.05, 4.69) is 5.32 Å². The zero-order chi connectivity index (χ0) is 28.4. The van der Waals surface area contributed by atoms with Crippen molar-refractivity contribution in [1.29, 1.82) is 0 Å². The Morgan fingerprint density at radius 3 is 1.90 bits per heavy atom. The van der Waals surface area contributed by atoms with E-state index in [0.29, 0.717) is 55.7 Å². The fraction of sp³-hybridized carbons (Fsp3) is 0.586. The van der Waals surface area contributed by atoms with Gasteiger partial charge in [0.25, 0.3) is 0 Å². The zero-order valence-electron chi connectivity index (χ0n) is 24.0. The van der Waals surface area contributed by atoms with Crippen molar-refractivity contribution in [2.24, 2.45) is 0 Å². The number of ether oxygens (including phenoxy) is 6. The lowest BCUT2D eigenvalue weighted by Gasteiger charge is -2.21. The van der Waals surface area contributed by atoms with Gasteiger partial charge in [0.15, 0.2) is 32.8 Å². The Hall–Kier alpha value is -2.69. The van der Waals surface area contributed by atoms with Crippen LogP contribution in [0.4, 0.5) is 0 Å². The maximum atomic E-state index is 13.5. The summed E-state index contributed by atoms with van der Waals surface area (Å²) in [6.07, 6.45) is 2.43. The lowest BCUT2D eigenvalue weighted by Crippen LogP contribution is -2.23. The molecule has 0 spiro atoms. The molecule has 3 rings (SSSR count). The quantitative estimate of drug-likeness (QED) is 0.273. The van der Waals surface area contributed by atoms with Crippen LogP contribution in [0.1, 0.15) is 69.8 Å². The molecule has 1 heterocycles. The molecule has 1 fully saturated rings. The third-order valence-corrected chi connectivity index (χ3v) is 8.25. The third-order valence-electron chi connectivity index (χ3n) is 6.54. The molecular weight excluding hydrogens is 522 g/mol. The lowest BCUT2D eigenvalue weighted by molar-refractivity contribution is 0.0435. The van der Waals surface area contributed by atoms with E-state index in [0.717, 1.165) is 30.4 Å². The van der Waals surface area contributed by atoms with Gasteiger partial charge in [-0.2, -0.15) is 0 Å². The Balaban J connectivity index is 2.00. The highest BCUT2D eigenvalue weighted by Crippen LogP contribution is 2.48. The first-order valence-corrected chi connectivity index (χ1v) is 15.3. The highest BCUT2D eigenvalue weighted by molar-refractivity contribution is 7.91. The van der Waals surface area contributed by atoms with Crippen molar-refractivity contribution in [2.75, 3.05) is 53.4 Å². The standard InChI is InChI=1S/C29H43NO8S/c1-7-13-36-26-18-21(19-27(29(26)37-14-8-2)39(31,32)15-12-30-9-3)23-11-10-22(38-23)20-16-24(33-4)28(35-6)25(17-20)34-5/h16-19,22-23,30H,7-15H2,1-6H3/t22-,23-/m0/s1. The fourth-order valence-corrected chi connectivity index (χ4v) is 5.98. The summed E-state index contributed by atoms with van der Waals surface area (Å²) in [6, 6.07) is 7.35. The number of hydrogen-bond acceptors (Lipinski definition) is 9. The van der Waals surface area contributed by atoms with Crippen LogP contribution in [0.2, 0.25) is 0 Å². The second-order valence-corrected chi connectivity index (χ2v) is 11.4. The molecule has 1 aliphatic heterocycles. The summed E-state index contributed by atoms with van der Waals surface area (Å²) in [5, 5.41) is 3.10. The number of hydrogen-bond donors (Lipinski definition) is 1. The van der Waals surface area contributed by atoms with E-state index in [1.54, 1.807) is 27.4 Å². The SMILES string of the molecule is CCCOc1cc([C@@H]2CC[C@@H](c3cc(OC)c(OC)c(OC)c3)O2)cc(S(=O)(=O)CCNCC)c1OCCC. The second kappa shape index (κ2) is 14.6. The first-order chi connectivity index (χ1) is 18.8.